The summed E-state index contributed by atoms with van der Waals surface area (Å²) < 4.78 is 10.1. The van der Waals surface area contributed by atoms with E-state index in [1.165, 1.54) is 0 Å². The molecule has 5 heteroatoms. The molecular weight excluding hydrogens is 248 g/mol. The van der Waals surface area contributed by atoms with E-state index in [0.717, 1.165) is 0 Å². The Morgan fingerprint density at radius 2 is 2.05 bits per heavy atom. The molecular formula is C14H16O5. The lowest BCUT2D eigenvalue weighted by Crippen LogP contribution is -2.41. The number of hydrogen-bond acceptors (Lipinski definition) is 5. The fourth-order valence-corrected chi connectivity index (χ4v) is 3.42. The van der Waals surface area contributed by atoms with E-state index in [4.69, 9.17) is 4.74 Å². The van der Waals surface area contributed by atoms with Gasteiger partial charge in [-0.1, -0.05) is 12.2 Å². The fourth-order valence-electron chi connectivity index (χ4n) is 3.42. The second-order valence-corrected chi connectivity index (χ2v) is 6.51. The van der Waals surface area contributed by atoms with Crippen molar-refractivity contribution in [1.29, 1.82) is 0 Å². The Balaban J connectivity index is 1.96. The summed E-state index contributed by atoms with van der Waals surface area (Å²) in [6.07, 6.45) is 4.04. The molecule has 4 atom stereocenters. The first-order valence-electron chi connectivity index (χ1n) is 6.43. The first-order chi connectivity index (χ1) is 8.74. The summed E-state index contributed by atoms with van der Waals surface area (Å²) in [5.74, 6) is -2.83. The highest BCUT2D eigenvalue weighted by molar-refractivity contribution is 6.02. The maximum Gasteiger partial charge on any atom is 0.318 e. The minimum absolute atomic E-state index is 0.0866. The van der Waals surface area contributed by atoms with Gasteiger partial charge in [0, 0.05) is 0 Å². The van der Waals surface area contributed by atoms with Crippen LogP contribution in [0.3, 0.4) is 0 Å². The van der Waals surface area contributed by atoms with Crippen LogP contribution in [-0.4, -0.2) is 23.5 Å². The molecule has 0 aromatic carbocycles. The predicted octanol–water partition coefficient (Wildman–Crippen LogP) is 1.22. The van der Waals surface area contributed by atoms with Crippen molar-refractivity contribution in [2.45, 2.75) is 32.8 Å². The van der Waals surface area contributed by atoms with E-state index in [2.05, 4.69) is 4.74 Å². The third kappa shape index (κ3) is 1.57. The molecule has 0 amide bonds. The summed E-state index contributed by atoms with van der Waals surface area (Å²) in [5, 5.41) is 0. The van der Waals surface area contributed by atoms with Crippen molar-refractivity contribution >= 4 is 17.9 Å². The molecule has 1 saturated heterocycles. The normalized spacial score (nSPS) is 39.4. The average Bonchev–Trinajstić information content (AvgIpc) is 2.88. The van der Waals surface area contributed by atoms with Crippen LogP contribution in [0.15, 0.2) is 12.2 Å². The molecule has 0 aromatic rings. The number of allylic oxidation sites excluding steroid dienone is 1. The standard InChI is InChI=1S/C14H16O5/c1-13(2,3)19-12(17)14-5-4-7(6-14)8-9(14)11(16)18-10(8)15/h4-5,7-9H,6H2,1-3H3/t7-,8-,9+,14-/m0/s1. The van der Waals surface area contributed by atoms with Crippen molar-refractivity contribution in [1.82, 2.24) is 0 Å². The molecule has 0 spiro atoms. The molecule has 1 saturated carbocycles. The number of esters is 3. The summed E-state index contributed by atoms with van der Waals surface area (Å²) in [4.78, 5) is 36.0. The van der Waals surface area contributed by atoms with Crippen LogP contribution in [0.1, 0.15) is 27.2 Å². The molecule has 2 fully saturated rings. The third-order valence-electron chi connectivity index (χ3n) is 4.10. The minimum Gasteiger partial charge on any atom is -0.459 e. The highest BCUT2D eigenvalue weighted by Crippen LogP contribution is 2.60. The summed E-state index contributed by atoms with van der Waals surface area (Å²) in [7, 11) is 0. The van der Waals surface area contributed by atoms with Gasteiger partial charge in [-0.3, -0.25) is 14.4 Å². The number of carbonyl (C=O) groups excluding carboxylic acids is 3. The minimum atomic E-state index is -1.01. The molecule has 19 heavy (non-hydrogen) atoms. The number of cyclic esters (lactones) is 2. The van der Waals surface area contributed by atoms with Crippen LogP contribution in [0.5, 0.6) is 0 Å². The van der Waals surface area contributed by atoms with Crippen molar-refractivity contribution < 1.29 is 23.9 Å². The van der Waals surface area contributed by atoms with Gasteiger partial charge in [-0.05, 0) is 33.1 Å². The van der Waals surface area contributed by atoms with E-state index in [1.807, 2.05) is 6.08 Å². The van der Waals surface area contributed by atoms with Gasteiger partial charge in [0.05, 0.1) is 11.8 Å². The van der Waals surface area contributed by atoms with Crippen molar-refractivity contribution in [3.8, 4) is 0 Å². The van der Waals surface area contributed by atoms with Gasteiger partial charge >= 0.3 is 17.9 Å². The van der Waals surface area contributed by atoms with Crippen LogP contribution < -0.4 is 0 Å². The molecule has 0 aromatic heterocycles. The van der Waals surface area contributed by atoms with Gasteiger partial charge in [-0.15, -0.1) is 0 Å². The zero-order valence-corrected chi connectivity index (χ0v) is 11.1. The summed E-state index contributed by atoms with van der Waals surface area (Å²) in [6.45, 7) is 5.34. The van der Waals surface area contributed by atoms with Gasteiger partial charge in [-0.25, -0.2) is 0 Å². The molecule has 102 valence electrons. The Bertz CT molecular complexity index is 512. The first kappa shape index (κ1) is 12.4. The molecule has 1 aliphatic heterocycles. The Morgan fingerprint density at radius 1 is 1.37 bits per heavy atom. The number of fused-ring (bicyclic) bond motifs is 5. The van der Waals surface area contributed by atoms with E-state index in [1.54, 1.807) is 26.8 Å². The van der Waals surface area contributed by atoms with Crippen molar-refractivity contribution in [2.24, 2.45) is 23.2 Å². The molecule has 3 rings (SSSR count). The zero-order chi connectivity index (χ0) is 14.0. The van der Waals surface area contributed by atoms with E-state index in [-0.39, 0.29) is 5.92 Å². The fraction of sp³-hybridized carbons (Fsp3) is 0.643. The lowest BCUT2D eigenvalue weighted by atomic mass is 9.74. The summed E-state index contributed by atoms with van der Waals surface area (Å²) in [5.41, 5.74) is -1.63. The molecule has 5 nitrogen and oxygen atoms in total. The van der Waals surface area contributed by atoms with Gasteiger partial charge in [0.25, 0.3) is 0 Å². The van der Waals surface area contributed by atoms with Gasteiger partial charge in [0.1, 0.15) is 11.0 Å². The number of rotatable bonds is 1. The van der Waals surface area contributed by atoms with Gasteiger partial charge in [0.2, 0.25) is 0 Å². The predicted molar refractivity (Wildman–Crippen MR) is 63.6 cm³/mol. The van der Waals surface area contributed by atoms with Crippen LogP contribution in [0.25, 0.3) is 0 Å². The van der Waals surface area contributed by atoms with Crippen LogP contribution in [-0.2, 0) is 23.9 Å². The maximum absolute atomic E-state index is 12.4. The summed E-state index contributed by atoms with van der Waals surface area (Å²) >= 11 is 0. The maximum atomic E-state index is 12.4. The second-order valence-electron chi connectivity index (χ2n) is 6.51. The van der Waals surface area contributed by atoms with Crippen molar-refractivity contribution in [2.75, 3.05) is 0 Å². The first-order valence-corrected chi connectivity index (χ1v) is 6.43. The number of hydrogen-bond donors (Lipinski definition) is 0. The number of ether oxygens (including phenoxy) is 2. The number of carbonyl (C=O) groups is 3. The molecule has 0 N–H and O–H groups in total. The second kappa shape index (κ2) is 3.46. The Kier molecular flexibility index (Phi) is 2.26. The largest absolute Gasteiger partial charge is 0.459 e. The highest BCUT2D eigenvalue weighted by Gasteiger charge is 2.69. The van der Waals surface area contributed by atoms with Gasteiger partial charge in [-0.2, -0.15) is 0 Å². The van der Waals surface area contributed by atoms with Gasteiger partial charge in [0.15, 0.2) is 0 Å². The van der Waals surface area contributed by atoms with E-state index >= 15 is 0 Å². The lowest BCUT2D eigenvalue weighted by Gasteiger charge is -2.30. The van der Waals surface area contributed by atoms with Crippen LogP contribution in [0, 0.1) is 23.2 Å². The third-order valence-corrected chi connectivity index (χ3v) is 4.10. The summed E-state index contributed by atoms with van der Waals surface area (Å²) in [6, 6.07) is 0. The lowest BCUT2D eigenvalue weighted by molar-refractivity contribution is -0.170. The van der Waals surface area contributed by atoms with Crippen molar-refractivity contribution in [3.05, 3.63) is 12.2 Å². The van der Waals surface area contributed by atoms with E-state index < -0.39 is 40.8 Å². The van der Waals surface area contributed by atoms with E-state index in [0.29, 0.717) is 6.42 Å². The highest BCUT2D eigenvalue weighted by atomic mass is 16.6. The Labute approximate surface area is 110 Å². The molecule has 1 heterocycles. The topological polar surface area (TPSA) is 69.7 Å². The average molecular weight is 264 g/mol. The van der Waals surface area contributed by atoms with Crippen LogP contribution >= 0.6 is 0 Å². The molecule has 0 unspecified atom stereocenters. The molecule has 2 aliphatic carbocycles. The zero-order valence-electron chi connectivity index (χ0n) is 11.1. The molecule has 0 radical (unpaired) electrons. The quantitative estimate of drug-likeness (QED) is 0.404. The monoisotopic (exact) mass is 264 g/mol. The molecule has 2 bridgehead atoms. The Morgan fingerprint density at radius 3 is 2.68 bits per heavy atom. The van der Waals surface area contributed by atoms with Crippen molar-refractivity contribution in [3.63, 3.8) is 0 Å². The Hall–Kier alpha value is -1.65. The smallest absolute Gasteiger partial charge is 0.318 e. The van der Waals surface area contributed by atoms with E-state index in [9.17, 15) is 14.4 Å². The SMILES string of the molecule is CC(C)(C)OC(=O)[C@@]12C=C[C@@H](C1)[C@@H]1C(=O)OC(=O)[C@@H]12. The van der Waals surface area contributed by atoms with Crippen LogP contribution in [0.2, 0.25) is 0 Å². The van der Waals surface area contributed by atoms with Crippen LogP contribution in [0.4, 0.5) is 0 Å². The van der Waals surface area contributed by atoms with Gasteiger partial charge < -0.3 is 9.47 Å². The molecule has 3 aliphatic rings.